The first-order valence-electron chi connectivity index (χ1n) is 10.7. The predicted molar refractivity (Wildman–Crippen MR) is 123 cm³/mol. The number of tetrazole rings is 1. The third-order valence-electron chi connectivity index (χ3n) is 6.27. The largest absolute Gasteiger partial charge is 0.325 e. The second kappa shape index (κ2) is 7.98. The van der Waals surface area contributed by atoms with Crippen molar-refractivity contribution < 1.29 is 22.8 Å². The summed E-state index contributed by atoms with van der Waals surface area (Å²) in [5.74, 6) is -0.991. The minimum Gasteiger partial charge on any atom is -0.319 e. The highest BCUT2D eigenvalue weighted by Crippen LogP contribution is 2.32. The highest BCUT2D eigenvalue weighted by atomic mass is 32.2. The van der Waals surface area contributed by atoms with E-state index in [2.05, 4.69) is 20.8 Å². The molecule has 13 heteroatoms. The highest BCUT2D eigenvalue weighted by Gasteiger charge is 2.49. The summed E-state index contributed by atoms with van der Waals surface area (Å²) in [6.45, 7) is 1.44. The number of carbonyl (C=O) groups is 3. The summed E-state index contributed by atoms with van der Waals surface area (Å²) >= 11 is 0. The molecule has 1 N–H and O–H groups in total. The zero-order valence-corrected chi connectivity index (χ0v) is 19.7. The van der Waals surface area contributed by atoms with E-state index in [4.69, 9.17) is 0 Å². The zero-order valence-electron chi connectivity index (χ0n) is 18.9. The molecule has 2 aliphatic rings. The molecule has 1 atom stereocenters. The molecule has 2 aromatic carbocycles. The monoisotopic (exact) mass is 495 g/mol. The van der Waals surface area contributed by atoms with Crippen LogP contribution in [-0.2, 0) is 26.8 Å². The maximum Gasteiger partial charge on any atom is 0.325 e. The fourth-order valence-corrected chi connectivity index (χ4v) is 5.36. The Labute approximate surface area is 200 Å². The Bertz CT molecular complexity index is 1470. The van der Waals surface area contributed by atoms with Crippen molar-refractivity contribution in [3.63, 3.8) is 0 Å². The molecule has 0 unspecified atom stereocenters. The lowest BCUT2D eigenvalue weighted by molar-refractivity contribution is -0.130. The molecule has 0 saturated carbocycles. The van der Waals surface area contributed by atoms with Gasteiger partial charge in [0, 0.05) is 12.1 Å². The summed E-state index contributed by atoms with van der Waals surface area (Å²) in [6.07, 6.45) is 3.02. The van der Waals surface area contributed by atoms with Gasteiger partial charge in [-0.15, -0.1) is 5.10 Å². The van der Waals surface area contributed by atoms with Gasteiger partial charge in [-0.05, 0) is 65.2 Å². The van der Waals surface area contributed by atoms with Gasteiger partial charge in [0.15, 0.2) is 5.78 Å². The molecule has 0 spiro atoms. The minimum absolute atomic E-state index is 0.300. The average molecular weight is 496 g/mol. The molecule has 5 rings (SSSR count). The number of rotatable bonds is 6. The predicted octanol–water partition coefficient (Wildman–Crippen LogP) is 0.634. The number of urea groups is 1. The van der Waals surface area contributed by atoms with Crippen LogP contribution in [0.2, 0.25) is 0 Å². The number of hydrogen-bond acceptors (Lipinski definition) is 8. The van der Waals surface area contributed by atoms with Crippen molar-refractivity contribution in [1.29, 1.82) is 0 Å². The number of aromatic nitrogens is 4. The number of sulfonamides is 1. The molecule has 0 aliphatic carbocycles. The topological polar surface area (TPSA) is 147 Å². The van der Waals surface area contributed by atoms with Crippen molar-refractivity contribution in [1.82, 2.24) is 30.4 Å². The number of nitrogens with one attached hydrogen (secondary N) is 1. The average Bonchev–Trinajstić information content (AvgIpc) is 3.55. The third kappa shape index (κ3) is 3.83. The van der Waals surface area contributed by atoms with E-state index >= 15 is 0 Å². The first kappa shape index (κ1) is 22.7. The molecule has 12 nitrogen and oxygen atoms in total. The van der Waals surface area contributed by atoms with Crippen LogP contribution < -0.4 is 9.62 Å². The molecule has 35 heavy (non-hydrogen) atoms. The van der Waals surface area contributed by atoms with Crippen molar-refractivity contribution in [3.8, 4) is 5.69 Å². The number of fused-ring (bicyclic) bond motifs is 1. The SMILES string of the molecule is C[C@@]1(c2cccc(-n3cnnn3)c2)NC(=O)N(CC(=O)c2ccc3c(c2)CCN3S(C)(=O)=O)C1=O. The number of hydrogen-bond donors (Lipinski definition) is 1. The van der Waals surface area contributed by atoms with Gasteiger partial charge in [0.1, 0.15) is 11.9 Å². The van der Waals surface area contributed by atoms with Gasteiger partial charge in [-0.1, -0.05) is 12.1 Å². The van der Waals surface area contributed by atoms with Crippen LogP contribution in [0.25, 0.3) is 5.69 Å². The molecule has 1 saturated heterocycles. The highest BCUT2D eigenvalue weighted by molar-refractivity contribution is 7.92. The second-order valence-electron chi connectivity index (χ2n) is 8.60. The van der Waals surface area contributed by atoms with Crippen LogP contribution >= 0.6 is 0 Å². The molecule has 1 aromatic heterocycles. The quantitative estimate of drug-likeness (QED) is 0.387. The third-order valence-corrected chi connectivity index (χ3v) is 7.45. The Morgan fingerprint density at radius 3 is 2.69 bits per heavy atom. The number of carbonyl (C=O) groups excluding carboxylic acids is 3. The lowest BCUT2D eigenvalue weighted by atomic mass is 9.91. The van der Waals surface area contributed by atoms with E-state index in [-0.39, 0.29) is 0 Å². The van der Waals surface area contributed by atoms with Gasteiger partial charge in [-0.3, -0.25) is 18.8 Å². The van der Waals surface area contributed by atoms with Gasteiger partial charge in [-0.2, -0.15) is 0 Å². The van der Waals surface area contributed by atoms with Gasteiger partial charge < -0.3 is 5.32 Å². The van der Waals surface area contributed by atoms with Crippen LogP contribution in [0.4, 0.5) is 10.5 Å². The van der Waals surface area contributed by atoms with E-state index in [9.17, 15) is 22.8 Å². The van der Waals surface area contributed by atoms with Gasteiger partial charge >= 0.3 is 6.03 Å². The van der Waals surface area contributed by atoms with E-state index < -0.39 is 39.8 Å². The molecule has 0 bridgehead atoms. The summed E-state index contributed by atoms with van der Waals surface area (Å²) in [5.41, 5.74) is 1.30. The Morgan fingerprint density at radius 2 is 1.97 bits per heavy atom. The smallest absolute Gasteiger partial charge is 0.319 e. The van der Waals surface area contributed by atoms with E-state index in [1.807, 2.05) is 0 Å². The van der Waals surface area contributed by atoms with Crippen LogP contribution in [0.1, 0.15) is 28.4 Å². The molecule has 2 aliphatic heterocycles. The Kier molecular flexibility index (Phi) is 5.16. The summed E-state index contributed by atoms with van der Waals surface area (Å²) in [7, 11) is -3.41. The number of benzene rings is 2. The van der Waals surface area contributed by atoms with Crippen molar-refractivity contribution in [2.24, 2.45) is 0 Å². The van der Waals surface area contributed by atoms with Crippen LogP contribution in [0.15, 0.2) is 48.8 Å². The Morgan fingerprint density at radius 1 is 1.17 bits per heavy atom. The fraction of sp³-hybridized carbons (Fsp3) is 0.273. The van der Waals surface area contributed by atoms with E-state index in [1.165, 1.54) is 21.4 Å². The van der Waals surface area contributed by atoms with E-state index in [0.29, 0.717) is 35.5 Å². The van der Waals surface area contributed by atoms with Gasteiger partial charge in [0.2, 0.25) is 10.0 Å². The molecule has 3 amide bonds. The van der Waals surface area contributed by atoms with Gasteiger partial charge in [0.25, 0.3) is 5.91 Å². The molecule has 180 valence electrons. The maximum atomic E-state index is 13.3. The molecule has 3 heterocycles. The fourth-order valence-electron chi connectivity index (χ4n) is 4.40. The van der Waals surface area contributed by atoms with Gasteiger partial charge in [0.05, 0.1) is 24.2 Å². The van der Waals surface area contributed by atoms with Crippen LogP contribution in [0.3, 0.4) is 0 Å². The number of anilines is 1. The molecular weight excluding hydrogens is 474 g/mol. The number of Topliss-reactive ketones (excluding diaryl/α,β-unsaturated/α-hetero) is 1. The van der Waals surface area contributed by atoms with Crippen molar-refractivity contribution in [2.45, 2.75) is 18.9 Å². The van der Waals surface area contributed by atoms with Crippen LogP contribution in [-0.4, -0.2) is 70.6 Å². The maximum absolute atomic E-state index is 13.3. The first-order valence-corrected chi connectivity index (χ1v) is 12.5. The number of amides is 3. The van der Waals surface area contributed by atoms with Crippen molar-refractivity contribution in [2.75, 3.05) is 23.7 Å². The lowest BCUT2D eigenvalue weighted by Gasteiger charge is -2.22. The van der Waals surface area contributed by atoms with Gasteiger partial charge in [-0.25, -0.2) is 17.9 Å². The van der Waals surface area contributed by atoms with E-state index in [0.717, 1.165) is 16.7 Å². The molecular formula is C22H21N7O5S. The summed E-state index contributed by atoms with van der Waals surface area (Å²) in [4.78, 5) is 39.9. The second-order valence-corrected chi connectivity index (χ2v) is 10.5. The first-order chi connectivity index (χ1) is 16.6. The summed E-state index contributed by atoms with van der Waals surface area (Å²) in [5, 5.41) is 13.7. The minimum atomic E-state index is -3.41. The van der Waals surface area contributed by atoms with E-state index in [1.54, 1.807) is 43.3 Å². The number of ketones is 1. The number of nitrogens with zero attached hydrogens (tertiary/aromatic N) is 6. The van der Waals surface area contributed by atoms with Crippen molar-refractivity contribution >= 4 is 33.4 Å². The lowest BCUT2D eigenvalue weighted by Crippen LogP contribution is -2.41. The Hall–Kier alpha value is -4.13. The molecule has 1 fully saturated rings. The summed E-state index contributed by atoms with van der Waals surface area (Å²) < 4.78 is 26.6. The number of imide groups is 1. The summed E-state index contributed by atoms with van der Waals surface area (Å²) in [6, 6.07) is 10.9. The normalized spacial score (nSPS) is 19.7. The Balaban J connectivity index is 1.37. The standard InChI is InChI=1S/C22H21N7O5S/c1-22(16-4-3-5-17(11-16)28-13-23-25-26-28)20(31)27(21(32)24-22)12-19(30)15-6-7-18-14(10-15)8-9-29(18)35(2,33)34/h3-7,10-11,13H,8-9,12H2,1-2H3,(H,24,32)/t22-/m0/s1. The molecule has 3 aromatic rings. The zero-order chi connectivity index (χ0) is 25.0. The molecule has 0 radical (unpaired) electrons. The van der Waals surface area contributed by atoms with Crippen molar-refractivity contribution in [3.05, 3.63) is 65.5 Å². The van der Waals surface area contributed by atoms with Crippen LogP contribution in [0.5, 0.6) is 0 Å². The van der Waals surface area contributed by atoms with Crippen LogP contribution in [0, 0.1) is 0 Å².